The molecule has 1 aliphatic rings. The Morgan fingerprint density at radius 1 is 1.25 bits per heavy atom. The molecule has 42 valence electrons. The van der Waals surface area contributed by atoms with E-state index in [2.05, 4.69) is 0 Å². The SMILES string of the molecule is [Na+].[O-]N1CCOCC1. The Balaban J connectivity index is 0.000000490. The van der Waals surface area contributed by atoms with Crippen LogP contribution < -0.4 is 29.6 Å². The van der Waals surface area contributed by atoms with Crippen molar-refractivity contribution in [1.82, 2.24) is 5.06 Å². The molecule has 0 amide bonds. The van der Waals surface area contributed by atoms with Crippen LogP contribution in [-0.4, -0.2) is 31.4 Å². The van der Waals surface area contributed by atoms with E-state index >= 15 is 0 Å². The molecule has 1 heterocycles. The normalized spacial score (nSPS) is 22.1. The second-order valence-corrected chi connectivity index (χ2v) is 1.54. The molecule has 1 rings (SSSR count). The topological polar surface area (TPSA) is 35.5 Å². The molecule has 0 aromatic heterocycles. The average Bonchev–Trinajstić information content (AvgIpc) is 1.69. The smallest absolute Gasteiger partial charge is 0.785 e. The summed E-state index contributed by atoms with van der Waals surface area (Å²) in [4.78, 5) is 0. The van der Waals surface area contributed by atoms with Gasteiger partial charge in [0.05, 0.1) is 13.2 Å². The van der Waals surface area contributed by atoms with Crippen molar-refractivity contribution in [3.8, 4) is 0 Å². The third-order valence-electron chi connectivity index (χ3n) is 0.970. The standard InChI is InChI=1S/C4H8NO2.Na/c6-5-1-3-7-4-2-5;/h1-4H2;/q-1;+1. The molecule has 0 aromatic rings. The van der Waals surface area contributed by atoms with Gasteiger partial charge in [-0.2, -0.15) is 0 Å². The van der Waals surface area contributed by atoms with E-state index in [4.69, 9.17) is 4.74 Å². The van der Waals surface area contributed by atoms with Gasteiger partial charge in [0, 0.05) is 13.1 Å². The van der Waals surface area contributed by atoms with E-state index in [-0.39, 0.29) is 29.6 Å². The van der Waals surface area contributed by atoms with Gasteiger partial charge in [-0.1, -0.05) is 0 Å². The summed E-state index contributed by atoms with van der Waals surface area (Å²) in [5, 5.41) is 11.3. The van der Waals surface area contributed by atoms with Crippen molar-refractivity contribution in [1.29, 1.82) is 0 Å². The summed E-state index contributed by atoms with van der Waals surface area (Å²) in [6.45, 7) is 2.28. The van der Waals surface area contributed by atoms with Crippen molar-refractivity contribution in [3.63, 3.8) is 0 Å². The summed E-state index contributed by atoms with van der Waals surface area (Å²) >= 11 is 0. The Morgan fingerprint density at radius 2 is 1.75 bits per heavy atom. The first-order chi connectivity index (χ1) is 3.39. The fraction of sp³-hybridized carbons (Fsp3) is 1.00. The Kier molecular flexibility index (Phi) is 5.25. The molecule has 0 bridgehead atoms. The quantitative estimate of drug-likeness (QED) is 0.320. The van der Waals surface area contributed by atoms with Gasteiger partial charge in [0.1, 0.15) is 0 Å². The molecular weight excluding hydrogens is 117 g/mol. The largest absolute Gasteiger partial charge is 1.00 e. The molecule has 1 aliphatic heterocycles. The minimum Gasteiger partial charge on any atom is -0.785 e. The summed E-state index contributed by atoms with van der Waals surface area (Å²) < 4.78 is 4.90. The summed E-state index contributed by atoms with van der Waals surface area (Å²) in [7, 11) is 0. The third-order valence-corrected chi connectivity index (χ3v) is 0.970. The number of nitrogens with zero attached hydrogens (tertiary/aromatic N) is 1. The van der Waals surface area contributed by atoms with Gasteiger partial charge in [0.2, 0.25) is 0 Å². The molecule has 0 aromatic carbocycles. The zero-order valence-corrected chi connectivity index (χ0v) is 7.09. The van der Waals surface area contributed by atoms with Gasteiger partial charge in [0.15, 0.2) is 0 Å². The minimum atomic E-state index is 0. The van der Waals surface area contributed by atoms with Crippen LogP contribution in [0.5, 0.6) is 0 Å². The maximum absolute atomic E-state index is 10.3. The molecule has 0 unspecified atom stereocenters. The first kappa shape index (κ1) is 8.88. The van der Waals surface area contributed by atoms with E-state index < -0.39 is 0 Å². The molecule has 1 saturated heterocycles. The molecule has 4 heteroatoms. The Bertz CT molecular complexity index is 56.0. The van der Waals surface area contributed by atoms with Crippen molar-refractivity contribution < 1.29 is 34.3 Å². The van der Waals surface area contributed by atoms with Crippen LogP contribution in [0.3, 0.4) is 0 Å². The van der Waals surface area contributed by atoms with Gasteiger partial charge in [-0.05, 0) is 0 Å². The van der Waals surface area contributed by atoms with Crippen LogP contribution in [0.15, 0.2) is 0 Å². The molecule has 1 fully saturated rings. The van der Waals surface area contributed by atoms with E-state index in [0.717, 1.165) is 5.06 Å². The van der Waals surface area contributed by atoms with Gasteiger partial charge in [0.25, 0.3) is 0 Å². The van der Waals surface area contributed by atoms with Crippen LogP contribution in [0.2, 0.25) is 0 Å². The van der Waals surface area contributed by atoms with E-state index in [1.807, 2.05) is 0 Å². The maximum atomic E-state index is 10.3. The number of morpholine rings is 1. The Hall–Kier alpha value is 0.880. The minimum absolute atomic E-state index is 0. The van der Waals surface area contributed by atoms with Crippen molar-refractivity contribution in [3.05, 3.63) is 5.21 Å². The van der Waals surface area contributed by atoms with Crippen LogP contribution in [0.25, 0.3) is 0 Å². The van der Waals surface area contributed by atoms with Crippen LogP contribution in [0.1, 0.15) is 0 Å². The molecule has 0 N–H and O–H groups in total. The van der Waals surface area contributed by atoms with Crippen molar-refractivity contribution in [2.24, 2.45) is 0 Å². The van der Waals surface area contributed by atoms with Gasteiger partial charge in [-0.25, -0.2) is 0 Å². The fourth-order valence-electron chi connectivity index (χ4n) is 0.547. The molecule has 3 nitrogen and oxygen atoms in total. The van der Waals surface area contributed by atoms with Crippen LogP contribution in [0, 0.1) is 5.21 Å². The summed E-state index contributed by atoms with van der Waals surface area (Å²) in [6.07, 6.45) is 0. The van der Waals surface area contributed by atoms with Crippen molar-refractivity contribution >= 4 is 0 Å². The predicted octanol–water partition coefficient (Wildman–Crippen LogP) is -3.18. The number of ether oxygens (including phenoxy) is 1. The molecule has 8 heavy (non-hydrogen) atoms. The zero-order valence-electron chi connectivity index (χ0n) is 5.09. The third kappa shape index (κ3) is 3.02. The maximum Gasteiger partial charge on any atom is 1.00 e. The molecule has 0 spiro atoms. The Morgan fingerprint density at radius 3 is 2.00 bits per heavy atom. The van der Waals surface area contributed by atoms with Crippen molar-refractivity contribution in [2.75, 3.05) is 26.3 Å². The second-order valence-electron chi connectivity index (χ2n) is 1.54. The van der Waals surface area contributed by atoms with Crippen molar-refractivity contribution in [2.45, 2.75) is 0 Å². The number of hydroxylamine groups is 2. The monoisotopic (exact) mass is 125 g/mol. The molecule has 0 aliphatic carbocycles. The first-order valence-electron chi connectivity index (χ1n) is 2.39. The number of rotatable bonds is 0. The first-order valence-corrected chi connectivity index (χ1v) is 2.39. The summed E-state index contributed by atoms with van der Waals surface area (Å²) in [6, 6.07) is 0. The van der Waals surface area contributed by atoms with Crippen LogP contribution in [-0.2, 0) is 4.74 Å². The number of hydrogen-bond acceptors (Lipinski definition) is 3. The fourth-order valence-corrected chi connectivity index (χ4v) is 0.547. The summed E-state index contributed by atoms with van der Waals surface area (Å²) in [5.74, 6) is 0. The van der Waals surface area contributed by atoms with Gasteiger partial charge in [-0.3, -0.25) is 0 Å². The van der Waals surface area contributed by atoms with Gasteiger partial charge < -0.3 is 15.0 Å². The Labute approximate surface area is 70.9 Å². The average molecular weight is 125 g/mol. The van der Waals surface area contributed by atoms with E-state index in [1.54, 1.807) is 0 Å². The second kappa shape index (κ2) is 4.73. The van der Waals surface area contributed by atoms with Crippen LogP contribution >= 0.6 is 0 Å². The summed E-state index contributed by atoms with van der Waals surface area (Å²) in [5.41, 5.74) is 0. The molecular formula is C4H8NNaO2. The van der Waals surface area contributed by atoms with E-state index in [9.17, 15) is 5.21 Å². The van der Waals surface area contributed by atoms with E-state index in [0.29, 0.717) is 26.3 Å². The predicted molar refractivity (Wildman–Crippen MR) is 25.8 cm³/mol. The van der Waals surface area contributed by atoms with E-state index in [1.165, 1.54) is 0 Å². The van der Waals surface area contributed by atoms with Crippen LogP contribution in [0.4, 0.5) is 0 Å². The van der Waals surface area contributed by atoms with Gasteiger partial charge in [-0.15, -0.1) is 0 Å². The molecule has 0 saturated carbocycles. The van der Waals surface area contributed by atoms with Gasteiger partial charge >= 0.3 is 29.6 Å². The molecule has 0 atom stereocenters. The zero-order chi connectivity index (χ0) is 5.11. The number of hydrogen-bond donors (Lipinski definition) is 0. The molecule has 0 radical (unpaired) electrons.